The normalized spacial score (nSPS) is 10.4. The lowest BCUT2D eigenvalue weighted by atomic mass is 9.99. The molecule has 0 heterocycles. The lowest BCUT2D eigenvalue weighted by Gasteiger charge is -2.09. The van der Waals surface area contributed by atoms with Gasteiger partial charge in [0.05, 0.1) is 13.5 Å². The van der Waals surface area contributed by atoms with Crippen LogP contribution in [0.15, 0.2) is 30.3 Å². The molecule has 0 amide bonds. The molecule has 0 radical (unpaired) electrons. The molecule has 19 heavy (non-hydrogen) atoms. The second-order valence-corrected chi connectivity index (χ2v) is 4.17. The van der Waals surface area contributed by atoms with Gasteiger partial charge in [0.15, 0.2) is 0 Å². The lowest BCUT2D eigenvalue weighted by Crippen LogP contribution is -2.11. The number of nitrogens with one attached hydrogen (secondary N) is 1. The van der Waals surface area contributed by atoms with Crippen LogP contribution in [0.2, 0.25) is 0 Å². The van der Waals surface area contributed by atoms with Gasteiger partial charge < -0.3 is 15.6 Å². The van der Waals surface area contributed by atoms with E-state index >= 15 is 0 Å². The van der Waals surface area contributed by atoms with Gasteiger partial charge in [-0.2, -0.15) is 0 Å². The third kappa shape index (κ3) is 2.49. The van der Waals surface area contributed by atoms with Crippen molar-refractivity contribution in [2.24, 2.45) is 5.73 Å². The Balaban J connectivity index is 2.59. The first kappa shape index (κ1) is 12.9. The number of benzene rings is 2. The molecule has 2 aromatic carbocycles. The summed E-state index contributed by atoms with van der Waals surface area (Å²) in [5.41, 5.74) is 6.55. The van der Waals surface area contributed by atoms with Crippen molar-refractivity contribution in [3.05, 3.63) is 41.5 Å². The number of rotatable bonds is 3. The largest absolute Gasteiger partial charge is 0.508 e. The van der Waals surface area contributed by atoms with Crippen molar-refractivity contribution in [1.29, 1.82) is 5.41 Å². The predicted molar refractivity (Wildman–Crippen MR) is 72.3 cm³/mol. The summed E-state index contributed by atoms with van der Waals surface area (Å²) in [4.78, 5) is 11.4. The van der Waals surface area contributed by atoms with Gasteiger partial charge in [-0.3, -0.25) is 10.2 Å². The zero-order valence-electron chi connectivity index (χ0n) is 10.4. The highest BCUT2D eigenvalue weighted by Gasteiger charge is 2.12. The molecular formula is C14H14N2O3. The van der Waals surface area contributed by atoms with Crippen molar-refractivity contribution in [2.75, 3.05) is 7.11 Å². The molecule has 5 nitrogen and oxygen atoms in total. The summed E-state index contributed by atoms with van der Waals surface area (Å²) in [6, 6.07) is 8.41. The maximum atomic E-state index is 11.4. The summed E-state index contributed by atoms with van der Waals surface area (Å²) in [6.07, 6.45) is -0.000901. The number of nitrogens with two attached hydrogens (primary N) is 1. The van der Waals surface area contributed by atoms with Crippen LogP contribution in [-0.2, 0) is 16.0 Å². The van der Waals surface area contributed by atoms with E-state index in [1.165, 1.54) is 13.2 Å². The Hall–Kier alpha value is -2.56. The number of fused-ring (bicyclic) bond motifs is 1. The van der Waals surface area contributed by atoms with Gasteiger partial charge in [-0.25, -0.2) is 0 Å². The van der Waals surface area contributed by atoms with E-state index in [9.17, 15) is 9.90 Å². The third-order valence-corrected chi connectivity index (χ3v) is 2.97. The Kier molecular flexibility index (Phi) is 3.37. The number of phenolic OH excluding ortho intramolecular Hbond substituents is 1. The van der Waals surface area contributed by atoms with E-state index in [0.29, 0.717) is 11.1 Å². The minimum Gasteiger partial charge on any atom is -0.508 e. The molecule has 0 bridgehead atoms. The van der Waals surface area contributed by atoms with Crippen LogP contribution in [0, 0.1) is 5.41 Å². The van der Waals surface area contributed by atoms with Gasteiger partial charge in [0.2, 0.25) is 0 Å². The number of phenols is 1. The van der Waals surface area contributed by atoms with Crippen LogP contribution in [0.25, 0.3) is 10.8 Å². The number of amidine groups is 1. The van der Waals surface area contributed by atoms with Gasteiger partial charge in [-0.1, -0.05) is 18.2 Å². The highest BCUT2D eigenvalue weighted by molar-refractivity contribution is 6.00. The van der Waals surface area contributed by atoms with Gasteiger partial charge in [0.25, 0.3) is 0 Å². The Morgan fingerprint density at radius 2 is 2.11 bits per heavy atom. The van der Waals surface area contributed by atoms with Gasteiger partial charge in [0, 0.05) is 11.1 Å². The topological polar surface area (TPSA) is 96.4 Å². The predicted octanol–water partition coefficient (Wildman–Crippen LogP) is 1.54. The highest BCUT2D eigenvalue weighted by atomic mass is 16.5. The average molecular weight is 258 g/mol. The Labute approximate surface area is 110 Å². The van der Waals surface area contributed by atoms with E-state index in [2.05, 4.69) is 4.74 Å². The highest BCUT2D eigenvalue weighted by Crippen LogP contribution is 2.28. The van der Waals surface area contributed by atoms with Gasteiger partial charge in [0.1, 0.15) is 11.6 Å². The number of hydrogen-bond donors (Lipinski definition) is 3. The van der Waals surface area contributed by atoms with Crippen molar-refractivity contribution in [1.82, 2.24) is 0 Å². The Morgan fingerprint density at radius 3 is 2.74 bits per heavy atom. The maximum Gasteiger partial charge on any atom is 0.310 e. The molecule has 2 rings (SSSR count). The van der Waals surface area contributed by atoms with Crippen LogP contribution in [0.5, 0.6) is 5.75 Å². The number of esters is 1. The van der Waals surface area contributed by atoms with Crippen molar-refractivity contribution in [3.8, 4) is 5.75 Å². The summed E-state index contributed by atoms with van der Waals surface area (Å²) in [7, 11) is 1.30. The number of ether oxygens (including phenoxy) is 1. The number of carbonyl (C=O) groups is 1. The van der Waals surface area contributed by atoms with E-state index < -0.39 is 5.97 Å². The second-order valence-electron chi connectivity index (χ2n) is 4.17. The maximum absolute atomic E-state index is 11.4. The molecule has 0 aromatic heterocycles. The summed E-state index contributed by atoms with van der Waals surface area (Å²) in [5.74, 6) is -0.392. The Morgan fingerprint density at radius 1 is 1.37 bits per heavy atom. The molecule has 5 heteroatoms. The zero-order valence-corrected chi connectivity index (χ0v) is 10.4. The van der Waals surface area contributed by atoms with E-state index in [-0.39, 0.29) is 18.0 Å². The number of aromatic hydroxyl groups is 1. The van der Waals surface area contributed by atoms with Gasteiger partial charge in [-0.05, 0) is 22.9 Å². The van der Waals surface area contributed by atoms with Crippen LogP contribution >= 0.6 is 0 Å². The van der Waals surface area contributed by atoms with Crippen LogP contribution in [0.3, 0.4) is 0 Å². The molecule has 0 fully saturated rings. The second kappa shape index (κ2) is 4.97. The molecule has 98 valence electrons. The minimum atomic E-state index is -0.418. The summed E-state index contributed by atoms with van der Waals surface area (Å²) in [6.45, 7) is 0. The quantitative estimate of drug-likeness (QED) is 0.442. The molecular weight excluding hydrogens is 244 g/mol. The minimum absolute atomic E-state index is 0.000901. The smallest absolute Gasteiger partial charge is 0.310 e. The van der Waals surface area contributed by atoms with Crippen molar-refractivity contribution >= 4 is 22.6 Å². The van der Waals surface area contributed by atoms with Crippen molar-refractivity contribution in [3.63, 3.8) is 0 Å². The number of hydrogen-bond acceptors (Lipinski definition) is 4. The molecule has 0 aliphatic heterocycles. The van der Waals surface area contributed by atoms with Crippen LogP contribution in [-0.4, -0.2) is 24.0 Å². The molecule has 0 saturated carbocycles. The van der Waals surface area contributed by atoms with Crippen LogP contribution in [0.4, 0.5) is 0 Å². The van der Waals surface area contributed by atoms with Crippen LogP contribution < -0.4 is 5.73 Å². The van der Waals surface area contributed by atoms with E-state index in [0.717, 1.165) is 10.8 Å². The first-order valence-electron chi connectivity index (χ1n) is 5.68. The SMILES string of the molecule is COC(=O)Cc1c(O)ccc2cc(C(=N)N)ccc12. The van der Waals surface area contributed by atoms with E-state index in [1.807, 2.05) is 0 Å². The first-order valence-corrected chi connectivity index (χ1v) is 5.68. The number of nitrogen functional groups attached to an aromatic ring is 1. The monoisotopic (exact) mass is 258 g/mol. The molecule has 0 aliphatic rings. The van der Waals surface area contributed by atoms with E-state index in [1.54, 1.807) is 24.3 Å². The molecule has 0 aliphatic carbocycles. The summed E-state index contributed by atoms with van der Waals surface area (Å²) < 4.78 is 4.62. The summed E-state index contributed by atoms with van der Waals surface area (Å²) in [5, 5.41) is 18.8. The number of carbonyl (C=O) groups excluding carboxylic acids is 1. The Bertz CT molecular complexity index is 665. The van der Waals surface area contributed by atoms with Crippen LogP contribution in [0.1, 0.15) is 11.1 Å². The molecule has 0 unspecified atom stereocenters. The molecule has 0 atom stereocenters. The molecule has 0 spiro atoms. The fraction of sp³-hybridized carbons (Fsp3) is 0.143. The van der Waals surface area contributed by atoms with Crippen molar-refractivity contribution < 1.29 is 14.6 Å². The third-order valence-electron chi connectivity index (χ3n) is 2.97. The molecule has 2 aromatic rings. The molecule has 4 N–H and O–H groups in total. The zero-order chi connectivity index (χ0) is 14.0. The fourth-order valence-electron chi connectivity index (χ4n) is 1.95. The fourth-order valence-corrected chi connectivity index (χ4v) is 1.95. The first-order chi connectivity index (χ1) is 9.02. The van der Waals surface area contributed by atoms with Gasteiger partial charge in [-0.15, -0.1) is 0 Å². The van der Waals surface area contributed by atoms with Gasteiger partial charge >= 0.3 is 5.97 Å². The molecule has 0 saturated heterocycles. The average Bonchev–Trinajstić information content (AvgIpc) is 2.41. The standard InChI is InChI=1S/C14H14N2O3/c1-19-13(18)7-11-10-4-2-9(14(15)16)6-8(10)3-5-12(11)17/h2-6,17H,7H2,1H3,(H3,15,16). The van der Waals surface area contributed by atoms with Crippen molar-refractivity contribution in [2.45, 2.75) is 6.42 Å². The van der Waals surface area contributed by atoms with E-state index in [4.69, 9.17) is 11.1 Å². The lowest BCUT2D eigenvalue weighted by molar-refractivity contribution is -0.139. The summed E-state index contributed by atoms with van der Waals surface area (Å²) >= 11 is 0. The number of methoxy groups -OCH3 is 1.